The van der Waals surface area contributed by atoms with Crippen LogP contribution >= 0.6 is 34.8 Å². The van der Waals surface area contributed by atoms with Crippen molar-refractivity contribution in [1.29, 1.82) is 0 Å². The van der Waals surface area contributed by atoms with E-state index in [1.807, 2.05) is 0 Å². The highest BCUT2D eigenvalue weighted by atomic mass is 35.6. The average Bonchev–Trinajstić information content (AvgIpc) is 1.80. The number of methoxy groups -OCH3 is 1. The molecule has 0 aromatic carbocycles. The van der Waals surface area contributed by atoms with Gasteiger partial charge in [0.05, 0.1) is 0 Å². The molecule has 2 nitrogen and oxygen atoms in total. The molecule has 0 heterocycles. The zero-order valence-electron chi connectivity index (χ0n) is 5.73. The van der Waals surface area contributed by atoms with Gasteiger partial charge < -0.3 is 9.47 Å². The quantitative estimate of drug-likeness (QED) is 0.522. The Bertz CT molecular complexity index is 91.4. The fourth-order valence-electron chi connectivity index (χ4n) is 0.448. The molecule has 0 aromatic rings. The Morgan fingerprint density at radius 2 is 1.90 bits per heavy atom. The minimum atomic E-state index is -1.51. The predicted octanol–water partition coefficient (Wildman–Crippen LogP) is 2.37. The number of rotatable bonds is 3. The maximum Gasteiger partial charge on any atom is 0.240 e. The van der Waals surface area contributed by atoms with Crippen LogP contribution in [0.2, 0.25) is 0 Å². The summed E-state index contributed by atoms with van der Waals surface area (Å²) in [7, 11) is 1.42. The Labute approximate surface area is 75.3 Å². The summed E-state index contributed by atoms with van der Waals surface area (Å²) in [5.41, 5.74) is 0. The molecule has 62 valence electrons. The van der Waals surface area contributed by atoms with Gasteiger partial charge in [0, 0.05) is 13.7 Å². The average molecular weight is 207 g/mol. The third-order valence-corrected chi connectivity index (χ3v) is 1.33. The summed E-state index contributed by atoms with van der Waals surface area (Å²) in [5, 5.41) is 0. The maximum atomic E-state index is 5.46. The number of halogens is 3. The molecule has 0 fully saturated rings. The molecule has 0 aromatic heterocycles. The van der Waals surface area contributed by atoms with Crippen molar-refractivity contribution in [2.75, 3.05) is 13.7 Å². The molecule has 0 amide bonds. The van der Waals surface area contributed by atoms with E-state index >= 15 is 0 Å². The van der Waals surface area contributed by atoms with E-state index in [9.17, 15) is 0 Å². The molecule has 0 N–H and O–H groups in total. The van der Waals surface area contributed by atoms with Crippen LogP contribution in [0, 0.1) is 0 Å². The van der Waals surface area contributed by atoms with E-state index in [4.69, 9.17) is 44.3 Å². The van der Waals surface area contributed by atoms with Crippen LogP contribution in [0.15, 0.2) is 0 Å². The minimum Gasteiger partial charge on any atom is -0.352 e. The Hall–Kier alpha value is 0.790. The molecule has 0 saturated heterocycles. The van der Waals surface area contributed by atoms with Crippen LogP contribution in [-0.4, -0.2) is 23.8 Å². The molecule has 10 heavy (non-hydrogen) atoms. The van der Waals surface area contributed by atoms with Gasteiger partial charge in [-0.1, -0.05) is 34.8 Å². The van der Waals surface area contributed by atoms with Crippen LogP contribution < -0.4 is 0 Å². The lowest BCUT2D eigenvalue weighted by Gasteiger charge is -2.21. The third kappa shape index (κ3) is 3.84. The molecule has 0 spiro atoms. The summed E-state index contributed by atoms with van der Waals surface area (Å²) < 4.78 is 8.17. The largest absolute Gasteiger partial charge is 0.352 e. The van der Waals surface area contributed by atoms with E-state index in [0.29, 0.717) is 6.61 Å². The fraction of sp³-hybridized carbons (Fsp3) is 1.00. The second-order valence-electron chi connectivity index (χ2n) is 1.56. The van der Waals surface area contributed by atoms with Crippen molar-refractivity contribution in [3.8, 4) is 0 Å². The lowest BCUT2D eigenvalue weighted by Crippen LogP contribution is -2.30. The molecule has 1 unspecified atom stereocenters. The second-order valence-corrected chi connectivity index (χ2v) is 3.93. The molecule has 0 radical (unpaired) electrons. The molecule has 0 bridgehead atoms. The van der Waals surface area contributed by atoms with Crippen LogP contribution in [0.1, 0.15) is 6.92 Å². The number of hydrogen-bond donors (Lipinski definition) is 0. The molecular weight excluding hydrogens is 198 g/mol. The molecule has 0 aliphatic rings. The summed E-state index contributed by atoms with van der Waals surface area (Å²) in [4.78, 5) is 0. The zero-order chi connectivity index (χ0) is 8.20. The van der Waals surface area contributed by atoms with Gasteiger partial charge in [-0.3, -0.25) is 0 Å². The Balaban J connectivity index is 3.81. The minimum absolute atomic E-state index is 0.451. The highest BCUT2D eigenvalue weighted by Gasteiger charge is 2.33. The van der Waals surface area contributed by atoms with Gasteiger partial charge in [0.25, 0.3) is 0 Å². The van der Waals surface area contributed by atoms with Crippen molar-refractivity contribution in [3.63, 3.8) is 0 Å². The Kier molecular flexibility index (Phi) is 4.99. The van der Waals surface area contributed by atoms with Crippen molar-refractivity contribution in [2.24, 2.45) is 0 Å². The SMILES string of the molecule is CCOC(OC)C(Cl)(Cl)Cl. The normalized spacial score (nSPS) is 15.3. The summed E-state index contributed by atoms with van der Waals surface area (Å²) >= 11 is 16.4. The monoisotopic (exact) mass is 206 g/mol. The number of hydrogen-bond acceptors (Lipinski definition) is 2. The van der Waals surface area contributed by atoms with E-state index in [0.717, 1.165) is 0 Å². The standard InChI is InChI=1S/C5H9Cl3O2/c1-3-10-4(9-2)5(6,7)8/h4H,3H2,1-2H3. The molecule has 5 heteroatoms. The first kappa shape index (κ1) is 10.8. The van der Waals surface area contributed by atoms with Crippen LogP contribution in [0.5, 0.6) is 0 Å². The fourth-order valence-corrected chi connectivity index (χ4v) is 0.904. The van der Waals surface area contributed by atoms with Gasteiger partial charge in [-0.15, -0.1) is 0 Å². The highest BCUT2D eigenvalue weighted by molar-refractivity contribution is 6.67. The van der Waals surface area contributed by atoms with Crippen LogP contribution in [0.3, 0.4) is 0 Å². The van der Waals surface area contributed by atoms with Crippen LogP contribution in [0.25, 0.3) is 0 Å². The van der Waals surface area contributed by atoms with Crippen LogP contribution in [0.4, 0.5) is 0 Å². The van der Waals surface area contributed by atoms with Gasteiger partial charge in [-0.25, -0.2) is 0 Å². The summed E-state index contributed by atoms with van der Waals surface area (Å²) in [5.74, 6) is 0. The second kappa shape index (κ2) is 4.62. The number of alkyl halides is 3. The van der Waals surface area contributed by atoms with Gasteiger partial charge >= 0.3 is 0 Å². The Morgan fingerprint density at radius 1 is 1.40 bits per heavy atom. The van der Waals surface area contributed by atoms with Crippen molar-refractivity contribution in [2.45, 2.75) is 17.0 Å². The van der Waals surface area contributed by atoms with Gasteiger partial charge in [0.1, 0.15) is 0 Å². The molecule has 0 saturated carbocycles. The van der Waals surface area contributed by atoms with Crippen molar-refractivity contribution < 1.29 is 9.47 Å². The first-order valence-corrected chi connectivity index (χ1v) is 3.86. The van der Waals surface area contributed by atoms with E-state index in [-0.39, 0.29) is 0 Å². The zero-order valence-corrected chi connectivity index (χ0v) is 8.00. The van der Waals surface area contributed by atoms with E-state index in [2.05, 4.69) is 0 Å². The van der Waals surface area contributed by atoms with Gasteiger partial charge in [-0.05, 0) is 6.92 Å². The van der Waals surface area contributed by atoms with Crippen molar-refractivity contribution in [3.05, 3.63) is 0 Å². The lowest BCUT2D eigenvalue weighted by molar-refractivity contribution is -0.116. The molecule has 1 atom stereocenters. The van der Waals surface area contributed by atoms with Crippen molar-refractivity contribution in [1.82, 2.24) is 0 Å². The van der Waals surface area contributed by atoms with Crippen molar-refractivity contribution >= 4 is 34.8 Å². The molecule has 0 aliphatic heterocycles. The Morgan fingerprint density at radius 3 is 2.00 bits per heavy atom. The topological polar surface area (TPSA) is 18.5 Å². The van der Waals surface area contributed by atoms with Crippen LogP contribution in [-0.2, 0) is 9.47 Å². The maximum absolute atomic E-state index is 5.46. The molecule has 0 rings (SSSR count). The first-order valence-electron chi connectivity index (χ1n) is 2.73. The summed E-state index contributed by atoms with van der Waals surface area (Å²) in [6.07, 6.45) is -0.789. The summed E-state index contributed by atoms with van der Waals surface area (Å²) in [6.45, 7) is 2.24. The van der Waals surface area contributed by atoms with Gasteiger partial charge in [0.15, 0.2) is 0 Å². The smallest absolute Gasteiger partial charge is 0.240 e. The van der Waals surface area contributed by atoms with Gasteiger partial charge in [0.2, 0.25) is 10.1 Å². The highest BCUT2D eigenvalue weighted by Crippen LogP contribution is 2.32. The van der Waals surface area contributed by atoms with E-state index in [1.54, 1.807) is 6.92 Å². The summed E-state index contributed by atoms with van der Waals surface area (Å²) in [6, 6.07) is 0. The first-order chi connectivity index (χ1) is 4.52. The predicted molar refractivity (Wildman–Crippen MR) is 42.7 cm³/mol. The lowest BCUT2D eigenvalue weighted by atomic mass is 10.7. The van der Waals surface area contributed by atoms with Gasteiger partial charge in [-0.2, -0.15) is 0 Å². The van der Waals surface area contributed by atoms with E-state index < -0.39 is 10.1 Å². The third-order valence-electron chi connectivity index (χ3n) is 0.799. The molecular formula is C5H9Cl3O2. The number of ether oxygens (including phenoxy) is 2. The van der Waals surface area contributed by atoms with E-state index in [1.165, 1.54) is 7.11 Å². The molecule has 0 aliphatic carbocycles.